The van der Waals surface area contributed by atoms with Crippen LogP contribution in [0.4, 0.5) is 16.3 Å². The van der Waals surface area contributed by atoms with Gasteiger partial charge in [0, 0.05) is 35.5 Å². The third-order valence-corrected chi connectivity index (χ3v) is 7.22. The first-order valence-electron chi connectivity index (χ1n) is 13.8. The quantitative estimate of drug-likeness (QED) is 0.262. The second-order valence-electron chi connectivity index (χ2n) is 11.3. The van der Waals surface area contributed by atoms with Crippen molar-refractivity contribution < 1.29 is 14.3 Å². The number of hydrogen-bond donors (Lipinski definition) is 2. The van der Waals surface area contributed by atoms with Crippen LogP contribution >= 0.6 is 0 Å². The Kier molecular flexibility index (Phi) is 7.89. The van der Waals surface area contributed by atoms with Gasteiger partial charge in [0.25, 0.3) is 0 Å². The summed E-state index contributed by atoms with van der Waals surface area (Å²) in [5, 5.41) is 12.8. The van der Waals surface area contributed by atoms with Crippen molar-refractivity contribution in [3.05, 3.63) is 78.0 Å². The zero-order valence-electron chi connectivity index (χ0n) is 23.3. The largest absolute Gasteiger partial charge is 0.493 e. The Bertz CT molecular complexity index is 1450. The molecule has 5 rings (SSSR count). The number of anilines is 2. The number of nitrogens with zero attached hydrogens (tertiary/aromatic N) is 2. The number of benzene rings is 3. The molecule has 0 spiro atoms. The number of hydrogen-bond acceptors (Lipinski definition) is 4. The highest BCUT2D eigenvalue weighted by Gasteiger charge is 2.22. The van der Waals surface area contributed by atoms with Gasteiger partial charge in [-0.25, -0.2) is 9.48 Å². The van der Waals surface area contributed by atoms with E-state index in [1.807, 2.05) is 67.6 Å². The average Bonchev–Trinajstić information content (AvgIpc) is 3.35. The van der Waals surface area contributed by atoms with Crippen molar-refractivity contribution in [3.8, 4) is 11.4 Å². The van der Waals surface area contributed by atoms with Crippen LogP contribution < -0.4 is 15.4 Å². The molecule has 0 saturated carbocycles. The van der Waals surface area contributed by atoms with E-state index in [0.29, 0.717) is 18.3 Å². The molecular formula is C32H38N4O3. The Morgan fingerprint density at radius 1 is 1.00 bits per heavy atom. The molecule has 204 valence electrons. The van der Waals surface area contributed by atoms with Crippen LogP contribution in [0.15, 0.2) is 66.7 Å². The second kappa shape index (κ2) is 11.5. The summed E-state index contributed by atoms with van der Waals surface area (Å²) in [5.74, 6) is 2.10. The summed E-state index contributed by atoms with van der Waals surface area (Å²) < 4.78 is 13.5. The summed E-state index contributed by atoms with van der Waals surface area (Å²) in [6.45, 7) is 10.7. The molecule has 0 aliphatic carbocycles. The first-order chi connectivity index (χ1) is 18.8. The van der Waals surface area contributed by atoms with Crippen LogP contribution in [0.5, 0.6) is 5.75 Å². The highest BCUT2D eigenvalue weighted by molar-refractivity contribution is 6.07. The normalized spacial score (nSPS) is 14.4. The number of aromatic nitrogens is 2. The van der Waals surface area contributed by atoms with Gasteiger partial charge in [-0.3, -0.25) is 5.32 Å². The van der Waals surface area contributed by atoms with Crippen LogP contribution in [-0.4, -0.2) is 35.6 Å². The molecule has 0 atom stereocenters. The molecule has 1 saturated heterocycles. The molecule has 2 N–H and O–H groups in total. The second-order valence-corrected chi connectivity index (χ2v) is 11.3. The number of carbonyl (C=O) groups is 1. The minimum Gasteiger partial charge on any atom is -0.493 e. The molecule has 1 aromatic heterocycles. The van der Waals surface area contributed by atoms with Crippen molar-refractivity contribution in [3.63, 3.8) is 0 Å². The zero-order chi connectivity index (χ0) is 27.4. The monoisotopic (exact) mass is 526 g/mol. The molecule has 2 heterocycles. The van der Waals surface area contributed by atoms with Gasteiger partial charge in [0.1, 0.15) is 11.6 Å². The summed E-state index contributed by atoms with van der Waals surface area (Å²) in [5.41, 5.74) is 3.47. The number of rotatable bonds is 7. The summed E-state index contributed by atoms with van der Waals surface area (Å²) in [7, 11) is 0. The topological polar surface area (TPSA) is 77.4 Å². The van der Waals surface area contributed by atoms with E-state index < -0.39 is 0 Å². The molecule has 7 nitrogen and oxygen atoms in total. The molecule has 0 unspecified atom stereocenters. The molecular weight excluding hydrogens is 488 g/mol. The lowest BCUT2D eigenvalue weighted by molar-refractivity contribution is 0.0594. The standard InChI is InChI=1S/C32H38N4O3/c1-22-8-7-9-24(20-22)36-30(21-29(35-36)32(2,3)4)34-31(37)33-27-12-13-28(26-11-6-5-10-25(26)27)39-19-16-23-14-17-38-18-15-23/h5-13,20-21,23H,14-19H2,1-4H3,(H2,33,34,37). The molecule has 0 bridgehead atoms. The Balaban J connectivity index is 1.34. The van der Waals surface area contributed by atoms with Crippen LogP contribution in [0.1, 0.15) is 51.3 Å². The van der Waals surface area contributed by atoms with Crippen molar-refractivity contribution in [2.75, 3.05) is 30.5 Å². The zero-order valence-corrected chi connectivity index (χ0v) is 23.3. The fraction of sp³-hybridized carbons (Fsp3) is 0.375. The molecule has 1 aliphatic heterocycles. The maximum absolute atomic E-state index is 13.3. The number of urea groups is 1. The van der Waals surface area contributed by atoms with E-state index in [0.717, 1.165) is 71.6 Å². The molecule has 1 fully saturated rings. The lowest BCUT2D eigenvalue weighted by Crippen LogP contribution is -2.21. The Morgan fingerprint density at radius 2 is 1.77 bits per heavy atom. The number of amides is 2. The number of fused-ring (bicyclic) bond motifs is 1. The van der Waals surface area contributed by atoms with Crippen molar-refractivity contribution in [2.24, 2.45) is 5.92 Å². The van der Waals surface area contributed by atoms with Gasteiger partial charge in [0.05, 0.1) is 23.7 Å². The summed E-state index contributed by atoms with van der Waals surface area (Å²) in [6.07, 6.45) is 3.22. The molecule has 1 aliphatic rings. The van der Waals surface area contributed by atoms with Crippen molar-refractivity contribution in [1.29, 1.82) is 0 Å². The number of nitrogens with one attached hydrogen (secondary N) is 2. The van der Waals surface area contributed by atoms with E-state index in [-0.39, 0.29) is 11.4 Å². The van der Waals surface area contributed by atoms with E-state index in [4.69, 9.17) is 14.6 Å². The van der Waals surface area contributed by atoms with Gasteiger partial charge in [0.15, 0.2) is 0 Å². The van der Waals surface area contributed by atoms with E-state index >= 15 is 0 Å². The van der Waals surface area contributed by atoms with Crippen LogP contribution in [0.2, 0.25) is 0 Å². The summed E-state index contributed by atoms with van der Waals surface area (Å²) in [6, 6.07) is 21.5. The Morgan fingerprint density at radius 3 is 2.51 bits per heavy atom. The van der Waals surface area contributed by atoms with Gasteiger partial charge in [-0.2, -0.15) is 5.10 Å². The fourth-order valence-corrected chi connectivity index (χ4v) is 4.94. The lowest BCUT2D eigenvalue weighted by atomic mass is 9.92. The van der Waals surface area contributed by atoms with Crippen LogP contribution in [0, 0.1) is 12.8 Å². The third-order valence-electron chi connectivity index (χ3n) is 7.22. The minimum atomic E-state index is -0.331. The van der Waals surface area contributed by atoms with Crippen LogP contribution in [0.25, 0.3) is 16.5 Å². The molecule has 4 aromatic rings. The van der Waals surface area contributed by atoms with Crippen molar-refractivity contribution >= 4 is 28.3 Å². The van der Waals surface area contributed by atoms with Crippen LogP contribution in [-0.2, 0) is 10.2 Å². The van der Waals surface area contributed by atoms with E-state index in [9.17, 15) is 4.79 Å². The minimum absolute atomic E-state index is 0.168. The molecule has 7 heteroatoms. The predicted molar refractivity (Wildman–Crippen MR) is 157 cm³/mol. The highest BCUT2D eigenvalue weighted by atomic mass is 16.5. The lowest BCUT2D eigenvalue weighted by Gasteiger charge is -2.22. The smallest absolute Gasteiger partial charge is 0.324 e. The summed E-state index contributed by atoms with van der Waals surface area (Å²) >= 11 is 0. The van der Waals surface area contributed by atoms with Crippen molar-refractivity contribution in [1.82, 2.24) is 9.78 Å². The maximum atomic E-state index is 13.3. The Hall–Kier alpha value is -3.84. The average molecular weight is 527 g/mol. The number of ether oxygens (including phenoxy) is 2. The summed E-state index contributed by atoms with van der Waals surface area (Å²) in [4.78, 5) is 13.3. The van der Waals surface area contributed by atoms with Gasteiger partial charge in [-0.15, -0.1) is 0 Å². The van der Waals surface area contributed by atoms with Gasteiger partial charge >= 0.3 is 6.03 Å². The first-order valence-corrected chi connectivity index (χ1v) is 13.8. The fourth-order valence-electron chi connectivity index (χ4n) is 4.94. The Labute approximate surface area is 230 Å². The molecule has 0 radical (unpaired) electrons. The van der Waals surface area contributed by atoms with Crippen LogP contribution in [0.3, 0.4) is 0 Å². The van der Waals surface area contributed by atoms with Gasteiger partial charge < -0.3 is 14.8 Å². The highest BCUT2D eigenvalue weighted by Crippen LogP contribution is 2.33. The predicted octanol–water partition coefficient (Wildman–Crippen LogP) is 7.47. The molecule has 3 aromatic carbocycles. The number of carbonyl (C=O) groups excluding carboxylic acids is 1. The van der Waals surface area contributed by atoms with Gasteiger partial charge in [-0.1, -0.05) is 57.2 Å². The third kappa shape index (κ3) is 6.42. The van der Waals surface area contributed by atoms with Gasteiger partial charge in [-0.05, 0) is 61.9 Å². The molecule has 39 heavy (non-hydrogen) atoms. The maximum Gasteiger partial charge on any atom is 0.324 e. The van der Waals surface area contributed by atoms with Gasteiger partial charge in [0.2, 0.25) is 0 Å². The van der Waals surface area contributed by atoms with E-state index in [1.165, 1.54) is 0 Å². The van der Waals surface area contributed by atoms with E-state index in [2.05, 4.69) is 37.5 Å². The van der Waals surface area contributed by atoms with E-state index in [1.54, 1.807) is 4.68 Å². The first kappa shape index (κ1) is 26.8. The number of aryl methyl sites for hydroxylation is 1. The molecule has 2 amide bonds. The van der Waals surface area contributed by atoms with Crippen molar-refractivity contribution in [2.45, 2.75) is 52.4 Å². The SMILES string of the molecule is Cc1cccc(-n2nc(C(C)(C)C)cc2NC(=O)Nc2ccc(OCCC3CCOCC3)c3ccccc23)c1.